The van der Waals surface area contributed by atoms with Gasteiger partial charge in [0.2, 0.25) is 5.95 Å². The molecule has 0 amide bonds. The highest BCUT2D eigenvalue weighted by molar-refractivity contribution is 5.74. The molecule has 0 saturated carbocycles. The minimum absolute atomic E-state index is 0.160. The first-order chi connectivity index (χ1) is 10.7. The quantitative estimate of drug-likeness (QED) is 0.819. The van der Waals surface area contributed by atoms with Gasteiger partial charge in [-0.05, 0) is 19.4 Å². The molecule has 1 aliphatic heterocycles. The minimum atomic E-state index is -0.160. The van der Waals surface area contributed by atoms with E-state index in [1.165, 1.54) is 6.20 Å². The van der Waals surface area contributed by atoms with Crippen LogP contribution < -0.4 is 10.9 Å². The molecule has 8 nitrogen and oxygen atoms in total. The normalized spacial score (nSPS) is 19.6. The number of hydrogen-bond acceptors (Lipinski definition) is 6. The molecule has 2 aromatic heterocycles. The Hall–Kier alpha value is -1.93. The number of hydrogen-bond donors (Lipinski definition) is 2. The number of aromatic nitrogens is 4. The van der Waals surface area contributed by atoms with Crippen LogP contribution >= 0.6 is 0 Å². The number of piperidine rings is 1. The summed E-state index contributed by atoms with van der Waals surface area (Å²) in [6, 6.07) is 0.277. The maximum atomic E-state index is 12.0. The number of aromatic amines is 1. The number of nitrogens with one attached hydrogen (secondary N) is 2. The van der Waals surface area contributed by atoms with Crippen LogP contribution in [0.1, 0.15) is 12.8 Å². The number of ether oxygens (including phenoxy) is 1. The predicted molar refractivity (Wildman–Crippen MR) is 84.1 cm³/mol. The Labute approximate surface area is 128 Å². The van der Waals surface area contributed by atoms with Crippen molar-refractivity contribution in [3.8, 4) is 0 Å². The van der Waals surface area contributed by atoms with Crippen molar-refractivity contribution >= 4 is 17.0 Å². The van der Waals surface area contributed by atoms with E-state index >= 15 is 0 Å². The summed E-state index contributed by atoms with van der Waals surface area (Å²) in [4.78, 5) is 21.7. The van der Waals surface area contributed by atoms with Gasteiger partial charge in [0, 0.05) is 33.3 Å². The standard InChI is InChI=1S/C14H22N6O2/c1-19-12-11(8-15-19)13(21)18-14(17-12)16-10-4-3-5-20(9-10)6-7-22-2/h8,10H,3-7,9H2,1-2H3,(H2,16,17,18,21). The molecule has 22 heavy (non-hydrogen) atoms. The van der Waals surface area contributed by atoms with E-state index in [4.69, 9.17) is 4.74 Å². The molecule has 2 N–H and O–H groups in total. The van der Waals surface area contributed by atoms with E-state index < -0.39 is 0 Å². The van der Waals surface area contributed by atoms with Crippen molar-refractivity contribution in [1.29, 1.82) is 0 Å². The average molecular weight is 306 g/mol. The van der Waals surface area contributed by atoms with Crippen LogP contribution in [0.5, 0.6) is 0 Å². The molecule has 0 aliphatic carbocycles. The van der Waals surface area contributed by atoms with E-state index in [0.29, 0.717) is 17.0 Å². The molecule has 3 heterocycles. The maximum absolute atomic E-state index is 12.0. The topological polar surface area (TPSA) is 88.1 Å². The van der Waals surface area contributed by atoms with Crippen molar-refractivity contribution < 1.29 is 4.74 Å². The van der Waals surface area contributed by atoms with Crippen molar-refractivity contribution in [2.75, 3.05) is 38.7 Å². The van der Waals surface area contributed by atoms with E-state index in [0.717, 1.165) is 39.1 Å². The molecule has 1 saturated heterocycles. The van der Waals surface area contributed by atoms with Crippen molar-refractivity contribution in [2.24, 2.45) is 7.05 Å². The summed E-state index contributed by atoms with van der Waals surface area (Å²) in [7, 11) is 3.50. The third kappa shape index (κ3) is 3.12. The van der Waals surface area contributed by atoms with Gasteiger partial charge in [-0.3, -0.25) is 19.4 Å². The molecule has 1 unspecified atom stereocenters. The lowest BCUT2D eigenvalue weighted by molar-refractivity contribution is 0.131. The molecule has 1 atom stereocenters. The molecule has 8 heteroatoms. The summed E-state index contributed by atoms with van der Waals surface area (Å²) in [5, 5.41) is 7.93. The average Bonchev–Trinajstić information content (AvgIpc) is 2.88. The molecule has 0 radical (unpaired) electrons. The lowest BCUT2D eigenvalue weighted by Crippen LogP contribution is -2.43. The fourth-order valence-electron chi connectivity index (χ4n) is 2.89. The zero-order valence-corrected chi connectivity index (χ0v) is 13.0. The number of rotatable bonds is 5. The Kier molecular flexibility index (Phi) is 4.39. The van der Waals surface area contributed by atoms with Crippen molar-refractivity contribution in [3.63, 3.8) is 0 Å². The molecule has 0 spiro atoms. The molecular formula is C14H22N6O2. The van der Waals surface area contributed by atoms with E-state index in [2.05, 4.69) is 25.3 Å². The van der Waals surface area contributed by atoms with Crippen LogP contribution in [0, 0.1) is 0 Å². The van der Waals surface area contributed by atoms with Gasteiger partial charge in [0.1, 0.15) is 5.39 Å². The number of nitrogens with zero attached hydrogens (tertiary/aromatic N) is 4. The van der Waals surface area contributed by atoms with Crippen LogP contribution in [-0.4, -0.2) is 64.0 Å². The first kappa shape index (κ1) is 15.0. The summed E-state index contributed by atoms with van der Waals surface area (Å²) < 4.78 is 6.75. The number of H-pyrrole nitrogens is 1. The van der Waals surface area contributed by atoms with E-state index in [1.54, 1.807) is 18.8 Å². The molecule has 0 bridgehead atoms. The summed E-state index contributed by atoms with van der Waals surface area (Å²) in [6.45, 7) is 3.69. The summed E-state index contributed by atoms with van der Waals surface area (Å²) in [5.74, 6) is 0.514. The van der Waals surface area contributed by atoms with Gasteiger partial charge in [0.15, 0.2) is 5.65 Å². The molecule has 2 aromatic rings. The molecule has 120 valence electrons. The minimum Gasteiger partial charge on any atom is -0.383 e. The zero-order valence-electron chi connectivity index (χ0n) is 13.0. The molecule has 1 fully saturated rings. The zero-order chi connectivity index (χ0) is 15.5. The Balaban J connectivity index is 1.72. The molecular weight excluding hydrogens is 284 g/mol. The van der Waals surface area contributed by atoms with Gasteiger partial charge < -0.3 is 10.1 Å². The van der Waals surface area contributed by atoms with Gasteiger partial charge >= 0.3 is 0 Å². The van der Waals surface area contributed by atoms with Gasteiger partial charge in [0.05, 0.1) is 12.8 Å². The molecule has 3 rings (SSSR count). The van der Waals surface area contributed by atoms with Gasteiger partial charge in [-0.2, -0.15) is 10.1 Å². The lowest BCUT2D eigenvalue weighted by Gasteiger charge is -2.32. The highest BCUT2D eigenvalue weighted by Crippen LogP contribution is 2.14. The van der Waals surface area contributed by atoms with Crippen LogP contribution in [0.2, 0.25) is 0 Å². The second kappa shape index (κ2) is 6.45. The van der Waals surface area contributed by atoms with Crippen LogP contribution in [0.25, 0.3) is 11.0 Å². The van der Waals surface area contributed by atoms with Gasteiger partial charge in [-0.25, -0.2) is 0 Å². The van der Waals surface area contributed by atoms with Crippen molar-refractivity contribution in [3.05, 3.63) is 16.6 Å². The van der Waals surface area contributed by atoms with Crippen LogP contribution in [0.4, 0.5) is 5.95 Å². The smallest absolute Gasteiger partial charge is 0.263 e. The first-order valence-electron chi connectivity index (χ1n) is 7.57. The van der Waals surface area contributed by atoms with E-state index in [9.17, 15) is 4.79 Å². The Bertz CT molecular complexity index is 694. The Morgan fingerprint density at radius 2 is 2.41 bits per heavy atom. The molecule has 1 aliphatic rings. The van der Waals surface area contributed by atoms with Crippen LogP contribution in [-0.2, 0) is 11.8 Å². The van der Waals surface area contributed by atoms with E-state index in [-0.39, 0.29) is 11.6 Å². The van der Waals surface area contributed by atoms with Gasteiger partial charge in [0.25, 0.3) is 5.56 Å². The lowest BCUT2D eigenvalue weighted by atomic mass is 10.1. The Morgan fingerprint density at radius 1 is 1.55 bits per heavy atom. The number of aryl methyl sites for hydroxylation is 1. The second-order valence-electron chi connectivity index (χ2n) is 5.70. The van der Waals surface area contributed by atoms with Crippen molar-refractivity contribution in [1.82, 2.24) is 24.6 Å². The van der Waals surface area contributed by atoms with E-state index in [1.807, 2.05) is 0 Å². The highest BCUT2D eigenvalue weighted by Gasteiger charge is 2.20. The second-order valence-corrected chi connectivity index (χ2v) is 5.70. The molecule has 0 aromatic carbocycles. The fraction of sp³-hybridized carbons (Fsp3) is 0.643. The van der Waals surface area contributed by atoms with Gasteiger partial charge in [-0.15, -0.1) is 0 Å². The number of anilines is 1. The summed E-state index contributed by atoms with van der Waals surface area (Å²) in [5.41, 5.74) is 0.436. The summed E-state index contributed by atoms with van der Waals surface area (Å²) >= 11 is 0. The van der Waals surface area contributed by atoms with Gasteiger partial charge in [-0.1, -0.05) is 0 Å². The SMILES string of the molecule is COCCN1CCCC(Nc2nc3c(cnn3C)c(=O)[nH]2)C1. The third-order valence-electron chi connectivity index (χ3n) is 4.06. The van der Waals surface area contributed by atoms with Crippen LogP contribution in [0.3, 0.4) is 0 Å². The maximum Gasteiger partial charge on any atom is 0.263 e. The monoisotopic (exact) mass is 306 g/mol. The fourth-order valence-corrected chi connectivity index (χ4v) is 2.89. The Morgan fingerprint density at radius 3 is 3.23 bits per heavy atom. The predicted octanol–water partition coefficient (Wildman–Crippen LogP) is 0.179. The van der Waals surface area contributed by atoms with Crippen molar-refractivity contribution in [2.45, 2.75) is 18.9 Å². The third-order valence-corrected chi connectivity index (χ3v) is 4.06. The highest BCUT2D eigenvalue weighted by atomic mass is 16.5. The summed E-state index contributed by atoms with van der Waals surface area (Å²) in [6.07, 6.45) is 3.73. The first-order valence-corrected chi connectivity index (χ1v) is 7.57. The van der Waals surface area contributed by atoms with Crippen LogP contribution in [0.15, 0.2) is 11.0 Å². The number of likely N-dealkylation sites (tertiary alicyclic amines) is 1. The largest absolute Gasteiger partial charge is 0.383 e. The number of methoxy groups -OCH3 is 1. The number of fused-ring (bicyclic) bond motifs is 1.